The molecule has 1 N–H and O–H groups in total. The summed E-state index contributed by atoms with van der Waals surface area (Å²) in [6.45, 7) is -1.99. The molecular formula is C29H26N4O8. The Bertz CT molecular complexity index is 1280. The summed E-state index contributed by atoms with van der Waals surface area (Å²) in [6.07, 6.45) is 10.0. The highest BCUT2D eigenvalue weighted by Crippen LogP contribution is 2.22. The Morgan fingerprint density at radius 2 is 1.17 bits per heavy atom. The highest BCUT2D eigenvalue weighted by atomic mass is 16.6. The fourth-order valence-corrected chi connectivity index (χ4v) is 3.46. The number of hydrogen-bond acceptors (Lipinski definition) is 12. The number of aliphatic hydroxyl groups is 1. The van der Waals surface area contributed by atoms with Crippen LogP contribution in [0.1, 0.15) is 42.9 Å². The standard InChI is InChI=1S/C29H26N4O8/c34-25(21-5-1-9-30-13-21)17-41-29(18-38-26(35)22-6-2-10-31-14-22,19-39-27(36)23-7-3-11-32-15-23)20-40-28(37)24-8-4-12-33-16-24/h1-16,26,35H,17-20H2. The van der Waals surface area contributed by atoms with Gasteiger partial charge in [-0.05, 0) is 42.5 Å². The molecule has 0 fully saturated rings. The number of carbonyl (C=O) groups is 3. The van der Waals surface area contributed by atoms with Crippen molar-refractivity contribution in [3.63, 3.8) is 0 Å². The van der Waals surface area contributed by atoms with E-state index in [1.807, 2.05) is 0 Å². The maximum atomic E-state index is 12.9. The second kappa shape index (κ2) is 14.5. The van der Waals surface area contributed by atoms with Crippen LogP contribution in [0.4, 0.5) is 0 Å². The van der Waals surface area contributed by atoms with E-state index >= 15 is 0 Å². The van der Waals surface area contributed by atoms with E-state index in [0.29, 0.717) is 5.56 Å². The van der Waals surface area contributed by atoms with Gasteiger partial charge in [-0.25, -0.2) is 9.59 Å². The zero-order valence-corrected chi connectivity index (χ0v) is 21.7. The molecule has 12 heteroatoms. The largest absolute Gasteiger partial charge is 0.459 e. The third-order valence-electron chi connectivity index (χ3n) is 5.69. The summed E-state index contributed by atoms with van der Waals surface area (Å²) in [7, 11) is 0. The number of ether oxygens (including phenoxy) is 4. The summed E-state index contributed by atoms with van der Waals surface area (Å²) in [6, 6.07) is 12.5. The first kappa shape index (κ1) is 29.1. The van der Waals surface area contributed by atoms with Crippen molar-refractivity contribution < 1.29 is 38.4 Å². The summed E-state index contributed by atoms with van der Waals surface area (Å²) < 4.78 is 22.7. The molecule has 0 aliphatic rings. The molecule has 4 aromatic heterocycles. The first-order valence-electron chi connectivity index (χ1n) is 12.4. The number of hydrogen-bond donors (Lipinski definition) is 1. The predicted octanol–water partition coefficient (Wildman–Crippen LogP) is 2.63. The van der Waals surface area contributed by atoms with Crippen molar-refractivity contribution in [1.29, 1.82) is 0 Å². The van der Waals surface area contributed by atoms with Crippen molar-refractivity contribution in [3.05, 3.63) is 120 Å². The van der Waals surface area contributed by atoms with E-state index in [9.17, 15) is 19.5 Å². The zero-order chi connectivity index (χ0) is 28.9. The van der Waals surface area contributed by atoms with Gasteiger partial charge in [0.15, 0.2) is 17.7 Å². The van der Waals surface area contributed by atoms with Gasteiger partial charge in [-0.3, -0.25) is 24.7 Å². The number of Topliss-reactive ketones (excluding diaryl/α,β-unsaturated/α-hetero) is 1. The lowest BCUT2D eigenvalue weighted by atomic mass is 10.1. The highest BCUT2D eigenvalue weighted by Gasteiger charge is 2.38. The van der Waals surface area contributed by atoms with E-state index in [1.54, 1.807) is 36.4 Å². The van der Waals surface area contributed by atoms with Crippen molar-refractivity contribution in [3.8, 4) is 0 Å². The molecule has 210 valence electrons. The Labute approximate surface area is 234 Å². The van der Waals surface area contributed by atoms with Gasteiger partial charge in [-0.15, -0.1) is 0 Å². The van der Waals surface area contributed by atoms with Crippen LogP contribution in [-0.4, -0.2) is 74.8 Å². The molecule has 4 rings (SSSR count). The smallest absolute Gasteiger partial charge is 0.339 e. The number of esters is 2. The molecule has 1 unspecified atom stereocenters. The SMILES string of the molecule is O=C(COC(COC(=O)c1cccnc1)(COC(=O)c1cccnc1)COC(O)c1cccnc1)c1cccnc1. The molecule has 4 heterocycles. The number of nitrogens with zero attached hydrogens (tertiary/aromatic N) is 4. The van der Waals surface area contributed by atoms with Crippen LogP contribution < -0.4 is 0 Å². The van der Waals surface area contributed by atoms with Gasteiger partial charge in [0.2, 0.25) is 0 Å². The number of aliphatic hydroxyl groups excluding tert-OH is 1. The number of rotatable bonds is 14. The van der Waals surface area contributed by atoms with Gasteiger partial charge in [0.25, 0.3) is 0 Å². The second-order valence-electron chi connectivity index (χ2n) is 8.72. The summed E-state index contributed by atoms with van der Waals surface area (Å²) >= 11 is 0. The molecule has 0 aliphatic heterocycles. The maximum absolute atomic E-state index is 12.9. The summed E-state index contributed by atoms with van der Waals surface area (Å²) in [4.78, 5) is 54.1. The van der Waals surface area contributed by atoms with Gasteiger partial charge in [0, 0.05) is 60.7 Å². The average molecular weight is 559 g/mol. The van der Waals surface area contributed by atoms with E-state index in [2.05, 4.69) is 19.9 Å². The molecular weight excluding hydrogens is 532 g/mol. The van der Waals surface area contributed by atoms with Crippen LogP contribution in [0.5, 0.6) is 0 Å². The molecule has 0 saturated heterocycles. The molecule has 0 aromatic carbocycles. The molecule has 4 aromatic rings. The number of carbonyl (C=O) groups excluding carboxylic acids is 3. The van der Waals surface area contributed by atoms with Crippen LogP contribution in [0.25, 0.3) is 0 Å². The number of ketones is 1. The van der Waals surface area contributed by atoms with Crippen molar-refractivity contribution in [1.82, 2.24) is 19.9 Å². The van der Waals surface area contributed by atoms with Crippen molar-refractivity contribution in [2.24, 2.45) is 0 Å². The minimum absolute atomic E-state index is 0.163. The monoisotopic (exact) mass is 558 g/mol. The molecule has 1 atom stereocenters. The fourth-order valence-electron chi connectivity index (χ4n) is 3.46. The molecule has 0 amide bonds. The first-order valence-corrected chi connectivity index (χ1v) is 12.4. The number of aromatic nitrogens is 4. The maximum Gasteiger partial charge on any atom is 0.339 e. The summed E-state index contributed by atoms with van der Waals surface area (Å²) in [5, 5.41) is 10.6. The third-order valence-corrected chi connectivity index (χ3v) is 5.69. The van der Waals surface area contributed by atoms with Crippen molar-refractivity contribution in [2.75, 3.05) is 26.4 Å². The molecule has 0 spiro atoms. The van der Waals surface area contributed by atoms with E-state index in [4.69, 9.17) is 18.9 Å². The van der Waals surface area contributed by atoms with Crippen LogP contribution in [0.15, 0.2) is 98.1 Å². The first-order chi connectivity index (χ1) is 20.0. The minimum Gasteiger partial charge on any atom is -0.459 e. The van der Waals surface area contributed by atoms with Gasteiger partial charge < -0.3 is 24.1 Å². The fraction of sp³-hybridized carbons (Fsp3) is 0.207. The lowest BCUT2D eigenvalue weighted by Gasteiger charge is -2.33. The highest BCUT2D eigenvalue weighted by molar-refractivity contribution is 5.96. The van der Waals surface area contributed by atoms with Crippen LogP contribution in [0.2, 0.25) is 0 Å². The van der Waals surface area contributed by atoms with Crippen LogP contribution in [0, 0.1) is 0 Å². The molecule has 0 bridgehead atoms. The normalized spacial score (nSPS) is 11.8. The Balaban J connectivity index is 1.58. The van der Waals surface area contributed by atoms with E-state index in [-0.39, 0.29) is 16.7 Å². The lowest BCUT2D eigenvalue weighted by molar-refractivity contribution is -0.189. The number of pyridine rings is 4. The van der Waals surface area contributed by atoms with Gasteiger partial charge in [-0.2, -0.15) is 0 Å². The van der Waals surface area contributed by atoms with Gasteiger partial charge in [0.1, 0.15) is 19.8 Å². The molecule has 0 aliphatic carbocycles. The zero-order valence-electron chi connectivity index (χ0n) is 21.7. The second-order valence-corrected chi connectivity index (χ2v) is 8.72. The molecule has 12 nitrogen and oxygen atoms in total. The minimum atomic E-state index is -1.73. The molecule has 0 radical (unpaired) electrons. The quantitative estimate of drug-likeness (QED) is 0.137. The van der Waals surface area contributed by atoms with Crippen LogP contribution in [0.3, 0.4) is 0 Å². The van der Waals surface area contributed by atoms with Crippen molar-refractivity contribution >= 4 is 17.7 Å². The Hall–Kier alpha value is -4.91. The Kier molecular flexibility index (Phi) is 10.3. The molecule has 0 saturated carbocycles. The Morgan fingerprint density at radius 1 is 0.683 bits per heavy atom. The predicted molar refractivity (Wildman–Crippen MR) is 141 cm³/mol. The van der Waals surface area contributed by atoms with Gasteiger partial charge in [-0.1, -0.05) is 6.07 Å². The van der Waals surface area contributed by atoms with E-state index in [1.165, 1.54) is 61.7 Å². The lowest BCUT2D eigenvalue weighted by Crippen LogP contribution is -2.49. The van der Waals surface area contributed by atoms with Crippen LogP contribution in [-0.2, 0) is 18.9 Å². The Morgan fingerprint density at radius 3 is 1.63 bits per heavy atom. The van der Waals surface area contributed by atoms with Crippen LogP contribution >= 0.6 is 0 Å². The van der Waals surface area contributed by atoms with Gasteiger partial charge >= 0.3 is 11.9 Å². The topological polar surface area (TPSA) is 160 Å². The van der Waals surface area contributed by atoms with E-state index < -0.39 is 56.0 Å². The van der Waals surface area contributed by atoms with Gasteiger partial charge in [0.05, 0.1) is 17.7 Å². The summed E-state index contributed by atoms with van der Waals surface area (Å²) in [5.74, 6) is -1.92. The molecule has 41 heavy (non-hydrogen) atoms. The van der Waals surface area contributed by atoms with E-state index in [0.717, 1.165) is 0 Å². The van der Waals surface area contributed by atoms with Crippen molar-refractivity contribution in [2.45, 2.75) is 11.9 Å². The summed E-state index contributed by atoms with van der Waals surface area (Å²) in [5.41, 5.74) is -0.783. The third kappa shape index (κ3) is 8.54. The average Bonchev–Trinajstić information content (AvgIpc) is 3.05.